The molecule has 54 valence electrons. The fourth-order valence-corrected chi connectivity index (χ4v) is 0.255. The van der Waals surface area contributed by atoms with Gasteiger partial charge in [0.25, 0.3) is 0 Å². The van der Waals surface area contributed by atoms with Gasteiger partial charge in [-0.15, -0.1) is 11.6 Å². The second kappa shape index (κ2) is 10.1. The van der Waals surface area contributed by atoms with E-state index in [1.165, 1.54) is 0 Å². The zero-order chi connectivity index (χ0) is 6.57. The molecule has 0 unspecified atom stereocenters. The molecule has 0 radical (unpaired) electrons. The number of esters is 1. The monoisotopic (exact) mass is 189 g/mol. The molecule has 0 amide bonds. The number of hydrogen-bond donors (Lipinski definition) is 0. The molecule has 0 rings (SSSR count). The van der Waals surface area contributed by atoms with E-state index in [1.807, 2.05) is 0 Å². The Kier molecular flexibility index (Phi) is 17.4. The fourth-order valence-electron chi connectivity index (χ4n) is 0.200. The molecule has 0 heterocycles. The van der Waals surface area contributed by atoms with Crippen molar-refractivity contribution in [2.45, 2.75) is 6.92 Å². The van der Waals surface area contributed by atoms with E-state index in [-0.39, 0.29) is 61.9 Å². The van der Waals surface area contributed by atoms with Crippen LogP contribution in [0, 0.1) is 6.58 Å². The van der Waals surface area contributed by atoms with Gasteiger partial charge in [0.05, 0.1) is 6.61 Å². The van der Waals surface area contributed by atoms with Crippen molar-refractivity contribution in [3.05, 3.63) is 11.6 Å². The van der Waals surface area contributed by atoms with Crippen LogP contribution in [0.25, 0.3) is 0 Å². The molecule has 5 heteroatoms. The van der Waals surface area contributed by atoms with Crippen molar-refractivity contribution < 1.29 is 66.4 Å². The van der Waals surface area contributed by atoms with Gasteiger partial charge in [0.2, 0.25) is 0 Å². The van der Waals surface area contributed by atoms with Gasteiger partial charge in [-0.3, -0.25) is 6.58 Å². The second-order valence-electron chi connectivity index (χ2n) is 1.07. The van der Waals surface area contributed by atoms with Gasteiger partial charge in [-0.1, -0.05) is 5.03 Å². The number of ether oxygens (including phenoxy) is 1. The molecule has 0 atom stereocenters. The van der Waals surface area contributed by atoms with Crippen molar-refractivity contribution in [3.8, 4) is 0 Å². The Morgan fingerprint density at radius 3 is 2.20 bits per heavy atom. The first kappa shape index (κ1) is 17.3. The van der Waals surface area contributed by atoms with Crippen LogP contribution in [0.2, 0.25) is 0 Å². The Morgan fingerprint density at radius 2 is 2.10 bits per heavy atom. The van der Waals surface area contributed by atoms with Gasteiger partial charge in [0.1, 0.15) is 0 Å². The zero-order valence-electron chi connectivity index (χ0n) is 5.93. The normalized spacial score (nSPS) is 6.60. The Bertz CT molecular complexity index is 115. The van der Waals surface area contributed by atoms with E-state index in [4.69, 9.17) is 18.2 Å². The third-order valence-electron chi connectivity index (χ3n) is 0.470. The smallest absolute Gasteiger partial charge is 0.870 e. The van der Waals surface area contributed by atoms with Crippen molar-refractivity contribution in [1.29, 1.82) is 0 Å². The number of carbonyl (C=O) groups is 1. The van der Waals surface area contributed by atoms with Gasteiger partial charge < -0.3 is 15.0 Å². The molecule has 0 fully saturated rings. The molecule has 10 heavy (non-hydrogen) atoms. The number of rotatable bonds is 2. The minimum absolute atomic E-state index is 0. The van der Waals surface area contributed by atoms with Crippen molar-refractivity contribution >= 4 is 17.6 Å². The summed E-state index contributed by atoms with van der Waals surface area (Å²) in [5.41, 5.74) is 0. The van der Waals surface area contributed by atoms with Crippen molar-refractivity contribution in [2.24, 2.45) is 0 Å². The van der Waals surface area contributed by atoms with Gasteiger partial charge in [-0.2, -0.15) is 0 Å². The molecular formula is C5H7ClKO3-. The van der Waals surface area contributed by atoms with Gasteiger partial charge in [0.15, 0.2) is 5.97 Å². The molecule has 0 aromatic carbocycles. The van der Waals surface area contributed by atoms with Crippen molar-refractivity contribution in [1.82, 2.24) is 0 Å². The number of hydrogen-bond acceptors (Lipinski definition) is 3. The minimum Gasteiger partial charge on any atom is -0.870 e. The molecule has 0 saturated carbocycles. The SMILES string of the molecule is [CH-]=C(Cl)C(=O)OCC.[K+].[OH-]. The van der Waals surface area contributed by atoms with Crippen LogP contribution >= 0.6 is 11.6 Å². The molecule has 1 N–H and O–H groups in total. The topological polar surface area (TPSA) is 56.3 Å². The average molecular weight is 190 g/mol. The summed E-state index contributed by atoms with van der Waals surface area (Å²) in [6.45, 7) is 6.81. The molecule has 0 aliphatic rings. The van der Waals surface area contributed by atoms with Gasteiger partial charge in [-0.05, 0) is 6.92 Å². The van der Waals surface area contributed by atoms with E-state index < -0.39 is 5.97 Å². The zero-order valence-corrected chi connectivity index (χ0v) is 9.81. The first-order valence-corrected chi connectivity index (χ1v) is 2.51. The van der Waals surface area contributed by atoms with E-state index >= 15 is 0 Å². The predicted octanol–water partition coefficient (Wildman–Crippen LogP) is -2.07. The van der Waals surface area contributed by atoms with E-state index in [0.717, 1.165) is 0 Å². The summed E-state index contributed by atoms with van der Waals surface area (Å²) in [7, 11) is 0. The quantitative estimate of drug-likeness (QED) is 0.217. The van der Waals surface area contributed by atoms with E-state index in [0.29, 0.717) is 6.61 Å². The summed E-state index contributed by atoms with van der Waals surface area (Å²) in [6.07, 6.45) is 0. The number of carbonyl (C=O) groups excluding carboxylic acids is 1. The summed E-state index contributed by atoms with van der Waals surface area (Å²) >= 11 is 5.03. The second-order valence-corrected chi connectivity index (χ2v) is 1.48. The molecule has 0 aliphatic carbocycles. The number of halogens is 1. The summed E-state index contributed by atoms with van der Waals surface area (Å²) in [6, 6.07) is 0. The van der Waals surface area contributed by atoms with Crippen LogP contribution in [0.4, 0.5) is 0 Å². The minimum atomic E-state index is -0.658. The summed E-state index contributed by atoms with van der Waals surface area (Å²) < 4.78 is 4.37. The molecular weight excluding hydrogens is 183 g/mol. The Balaban J connectivity index is -0.000000245. The average Bonchev–Trinajstić information content (AvgIpc) is 1.67. The van der Waals surface area contributed by atoms with Crippen LogP contribution in [0.15, 0.2) is 5.03 Å². The van der Waals surface area contributed by atoms with Crippen LogP contribution in [0.3, 0.4) is 0 Å². The standard InChI is InChI=1S/C5H6ClO2.K.H2O/c1-3-8-5(7)4(2)6;;/h2H,3H2,1H3;;1H2/q-1;+1;/p-1. The van der Waals surface area contributed by atoms with Gasteiger partial charge in [0, 0.05) is 0 Å². The Morgan fingerprint density at radius 1 is 1.70 bits per heavy atom. The van der Waals surface area contributed by atoms with Crippen LogP contribution in [0.1, 0.15) is 6.92 Å². The predicted molar refractivity (Wildman–Crippen MR) is 32.2 cm³/mol. The van der Waals surface area contributed by atoms with Crippen molar-refractivity contribution in [2.75, 3.05) is 6.61 Å². The molecule has 0 bridgehead atoms. The molecule has 0 aromatic rings. The van der Waals surface area contributed by atoms with Gasteiger partial charge >= 0.3 is 51.4 Å². The summed E-state index contributed by atoms with van der Waals surface area (Å²) in [5.74, 6) is -0.658. The first-order chi connectivity index (χ1) is 3.68. The third-order valence-corrected chi connectivity index (χ3v) is 0.625. The fraction of sp³-hybridized carbons (Fsp3) is 0.400. The van der Waals surface area contributed by atoms with Crippen molar-refractivity contribution in [3.63, 3.8) is 0 Å². The van der Waals surface area contributed by atoms with E-state index in [2.05, 4.69) is 4.74 Å². The van der Waals surface area contributed by atoms with Crippen LogP contribution in [-0.4, -0.2) is 18.1 Å². The van der Waals surface area contributed by atoms with Crippen LogP contribution in [0.5, 0.6) is 0 Å². The van der Waals surface area contributed by atoms with Crippen LogP contribution in [-0.2, 0) is 9.53 Å². The summed E-state index contributed by atoms with van der Waals surface area (Å²) in [5, 5.41) is -0.327. The van der Waals surface area contributed by atoms with Crippen LogP contribution < -0.4 is 51.4 Å². The van der Waals surface area contributed by atoms with Gasteiger partial charge in [-0.25, -0.2) is 0 Å². The maximum absolute atomic E-state index is 10.2. The molecule has 3 nitrogen and oxygen atoms in total. The Labute approximate surface area is 107 Å². The molecule has 0 spiro atoms. The molecule has 0 aliphatic heterocycles. The van der Waals surface area contributed by atoms with E-state index in [1.54, 1.807) is 6.92 Å². The maximum atomic E-state index is 10.2. The largest absolute Gasteiger partial charge is 1.00 e. The van der Waals surface area contributed by atoms with E-state index in [9.17, 15) is 4.79 Å². The Hall–Kier alpha value is 1.10. The molecule has 0 aromatic heterocycles. The first-order valence-electron chi connectivity index (χ1n) is 2.13. The molecule has 0 saturated heterocycles. The summed E-state index contributed by atoms with van der Waals surface area (Å²) in [4.78, 5) is 10.2. The third kappa shape index (κ3) is 9.10. The maximum Gasteiger partial charge on any atom is 1.00 e.